The topological polar surface area (TPSA) is 157 Å². The van der Waals surface area contributed by atoms with Crippen LogP contribution in [0.4, 0.5) is 5.82 Å². The van der Waals surface area contributed by atoms with Crippen molar-refractivity contribution in [2.24, 2.45) is 0 Å². The number of fused-ring (bicyclic) bond motifs is 1. The highest BCUT2D eigenvalue weighted by atomic mass is 32.2. The average molecular weight is 433 g/mol. The Morgan fingerprint density at radius 1 is 1.30 bits per heavy atom. The van der Waals surface area contributed by atoms with Gasteiger partial charge in [0.2, 0.25) is 9.84 Å². The molecule has 3 heterocycles. The van der Waals surface area contributed by atoms with Crippen molar-refractivity contribution in [3.63, 3.8) is 0 Å². The van der Waals surface area contributed by atoms with Crippen LogP contribution in [0.1, 0.15) is 23.0 Å². The summed E-state index contributed by atoms with van der Waals surface area (Å²) in [4.78, 5) is 24.9. The molecular formula is C18H19N5O6S. The SMILES string of the molecule is CS(=O)(=O)c1nc(NC(=O)c2ccccc2)c2ncn([C@H]3C[C@H](O)[C@@H](CO)O3)c2n1. The summed E-state index contributed by atoms with van der Waals surface area (Å²) in [5.41, 5.74) is 0.638. The molecule has 1 aliphatic heterocycles. The van der Waals surface area contributed by atoms with E-state index in [0.717, 1.165) is 6.26 Å². The fourth-order valence-corrected chi connectivity index (χ4v) is 3.69. The lowest BCUT2D eigenvalue weighted by molar-refractivity contribution is -0.0432. The second-order valence-electron chi connectivity index (χ2n) is 6.89. The number of sulfone groups is 1. The van der Waals surface area contributed by atoms with Crippen molar-refractivity contribution >= 4 is 32.7 Å². The van der Waals surface area contributed by atoms with Crippen molar-refractivity contribution in [3.05, 3.63) is 42.2 Å². The van der Waals surface area contributed by atoms with Crippen molar-refractivity contribution in [2.45, 2.75) is 30.0 Å². The van der Waals surface area contributed by atoms with Crippen LogP contribution in [0.3, 0.4) is 0 Å². The van der Waals surface area contributed by atoms with E-state index in [-0.39, 0.29) is 30.0 Å². The van der Waals surface area contributed by atoms with Gasteiger partial charge in [-0.05, 0) is 12.1 Å². The zero-order chi connectivity index (χ0) is 21.5. The molecular weight excluding hydrogens is 414 g/mol. The third-order valence-electron chi connectivity index (χ3n) is 4.69. The summed E-state index contributed by atoms with van der Waals surface area (Å²) in [6.45, 7) is -0.369. The van der Waals surface area contributed by atoms with E-state index in [0.29, 0.717) is 5.56 Å². The van der Waals surface area contributed by atoms with Gasteiger partial charge in [0.25, 0.3) is 11.1 Å². The summed E-state index contributed by atoms with van der Waals surface area (Å²) in [7, 11) is -3.81. The second kappa shape index (κ2) is 7.72. The molecule has 12 heteroatoms. The van der Waals surface area contributed by atoms with E-state index in [1.54, 1.807) is 30.3 Å². The Bertz CT molecular complexity index is 1200. The molecule has 11 nitrogen and oxygen atoms in total. The fourth-order valence-electron chi connectivity index (χ4n) is 3.18. The monoisotopic (exact) mass is 433 g/mol. The number of hydrogen-bond acceptors (Lipinski definition) is 9. The maximum atomic E-state index is 12.6. The van der Waals surface area contributed by atoms with Gasteiger partial charge in [-0.3, -0.25) is 9.36 Å². The Kier molecular flexibility index (Phi) is 5.24. The summed E-state index contributed by atoms with van der Waals surface area (Å²) in [5.74, 6) is -0.553. The molecule has 0 radical (unpaired) electrons. The molecule has 0 spiro atoms. The van der Waals surface area contributed by atoms with Crippen LogP contribution in [-0.4, -0.2) is 69.1 Å². The summed E-state index contributed by atoms with van der Waals surface area (Å²) in [6, 6.07) is 8.36. The van der Waals surface area contributed by atoms with Crippen LogP contribution in [0.2, 0.25) is 0 Å². The Hall–Kier alpha value is -2.93. The highest BCUT2D eigenvalue weighted by Gasteiger charge is 2.36. The molecule has 1 saturated heterocycles. The number of carbonyl (C=O) groups excluding carboxylic acids is 1. The maximum absolute atomic E-state index is 12.6. The van der Waals surface area contributed by atoms with Crippen molar-refractivity contribution in [1.29, 1.82) is 0 Å². The van der Waals surface area contributed by atoms with E-state index in [2.05, 4.69) is 20.3 Å². The molecule has 0 bridgehead atoms. The van der Waals surface area contributed by atoms with Crippen molar-refractivity contribution in [2.75, 3.05) is 18.2 Å². The lowest BCUT2D eigenvalue weighted by atomic mass is 10.2. The number of anilines is 1. The molecule has 1 aliphatic rings. The van der Waals surface area contributed by atoms with Gasteiger partial charge in [-0.2, -0.15) is 9.97 Å². The number of aromatic nitrogens is 4. The summed E-state index contributed by atoms with van der Waals surface area (Å²) >= 11 is 0. The largest absolute Gasteiger partial charge is 0.394 e. The van der Waals surface area contributed by atoms with Crippen molar-refractivity contribution < 1.29 is 28.2 Å². The van der Waals surface area contributed by atoms with Gasteiger partial charge in [-0.25, -0.2) is 13.4 Å². The number of carbonyl (C=O) groups is 1. The number of benzene rings is 1. The predicted octanol–water partition coefficient (Wildman–Crippen LogP) is 0.123. The summed E-state index contributed by atoms with van der Waals surface area (Å²) in [5, 5.41) is 21.4. The first-order valence-corrected chi connectivity index (χ1v) is 10.9. The molecule has 1 aromatic carbocycles. The first-order valence-electron chi connectivity index (χ1n) is 9.03. The molecule has 1 amide bonds. The Labute approximate surface area is 171 Å². The smallest absolute Gasteiger partial charge is 0.256 e. The summed E-state index contributed by atoms with van der Waals surface area (Å²) < 4.78 is 31.3. The van der Waals surface area contributed by atoms with Crippen LogP contribution >= 0.6 is 0 Å². The van der Waals surface area contributed by atoms with Gasteiger partial charge in [0.05, 0.1) is 19.0 Å². The van der Waals surface area contributed by atoms with E-state index in [1.807, 2.05) is 0 Å². The van der Waals surface area contributed by atoms with Crippen LogP contribution in [0.25, 0.3) is 11.2 Å². The number of aliphatic hydroxyl groups is 2. The second-order valence-corrected chi connectivity index (χ2v) is 8.80. The Morgan fingerprint density at radius 2 is 2.03 bits per heavy atom. The third-order valence-corrected chi connectivity index (χ3v) is 5.54. The predicted molar refractivity (Wildman–Crippen MR) is 104 cm³/mol. The van der Waals surface area contributed by atoms with Gasteiger partial charge in [-0.1, -0.05) is 18.2 Å². The minimum Gasteiger partial charge on any atom is -0.394 e. The van der Waals surface area contributed by atoms with Gasteiger partial charge in [0.15, 0.2) is 17.0 Å². The molecule has 2 aromatic heterocycles. The van der Waals surface area contributed by atoms with Gasteiger partial charge >= 0.3 is 0 Å². The zero-order valence-electron chi connectivity index (χ0n) is 15.8. The zero-order valence-corrected chi connectivity index (χ0v) is 16.7. The first-order chi connectivity index (χ1) is 14.3. The van der Waals surface area contributed by atoms with E-state index in [1.165, 1.54) is 10.9 Å². The van der Waals surface area contributed by atoms with Gasteiger partial charge in [0.1, 0.15) is 12.3 Å². The van der Waals surface area contributed by atoms with Crippen LogP contribution in [0, 0.1) is 0 Å². The number of amides is 1. The lowest BCUT2D eigenvalue weighted by Crippen LogP contribution is -2.24. The van der Waals surface area contributed by atoms with Crippen LogP contribution in [-0.2, 0) is 14.6 Å². The van der Waals surface area contributed by atoms with Crippen LogP contribution in [0.15, 0.2) is 41.8 Å². The number of nitrogens with one attached hydrogen (secondary N) is 1. The number of aliphatic hydroxyl groups excluding tert-OH is 2. The minimum absolute atomic E-state index is 0.0646. The highest BCUT2D eigenvalue weighted by Crippen LogP contribution is 2.32. The first kappa shape index (κ1) is 20.3. The number of rotatable bonds is 5. The molecule has 3 N–H and O–H groups in total. The fraction of sp³-hybridized carbons (Fsp3) is 0.333. The van der Waals surface area contributed by atoms with E-state index >= 15 is 0 Å². The molecule has 3 atom stereocenters. The van der Waals surface area contributed by atoms with E-state index in [4.69, 9.17) is 4.74 Å². The molecule has 0 saturated carbocycles. The van der Waals surface area contributed by atoms with Gasteiger partial charge in [0, 0.05) is 18.2 Å². The number of hydrogen-bond donors (Lipinski definition) is 3. The van der Waals surface area contributed by atoms with Crippen LogP contribution < -0.4 is 5.32 Å². The van der Waals surface area contributed by atoms with Crippen molar-refractivity contribution in [3.8, 4) is 0 Å². The molecule has 1 fully saturated rings. The average Bonchev–Trinajstić information content (AvgIpc) is 3.31. The Balaban J connectivity index is 1.79. The third kappa shape index (κ3) is 3.77. The Morgan fingerprint density at radius 3 is 2.67 bits per heavy atom. The number of nitrogens with zero attached hydrogens (tertiary/aromatic N) is 4. The molecule has 3 aromatic rings. The molecule has 158 valence electrons. The lowest BCUT2D eigenvalue weighted by Gasteiger charge is -2.14. The quantitative estimate of drug-likeness (QED) is 0.476. The van der Waals surface area contributed by atoms with E-state index < -0.39 is 39.3 Å². The highest BCUT2D eigenvalue weighted by molar-refractivity contribution is 7.90. The van der Waals surface area contributed by atoms with E-state index in [9.17, 15) is 23.4 Å². The maximum Gasteiger partial charge on any atom is 0.256 e. The number of imidazole rings is 1. The molecule has 0 aliphatic carbocycles. The minimum atomic E-state index is -3.81. The van der Waals surface area contributed by atoms with Crippen LogP contribution in [0.5, 0.6) is 0 Å². The molecule has 0 unspecified atom stereocenters. The summed E-state index contributed by atoms with van der Waals surface area (Å²) in [6.07, 6.45) is 0.0744. The van der Waals surface area contributed by atoms with Gasteiger partial charge in [-0.15, -0.1) is 0 Å². The van der Waals surface area contributed by atoms with Crippen molar-refractivity contribution in [1.82, 2.24) is 19.5 Å². The molecule has 4 rings (SSSR count). The number of ether oxygens (including phenoxy) is 1. The normalized spacial score (nSPS) is 21.8. The van der Waals surface area contributed by atoms with Gasteiger partial charge < -0.3 is 20.3 Å². The standard InChI is InChI=1S/C18H19N5O6S/c1-30(27,28)18-21-15(20-17(26)10-5-3-2-4-6-10)14-16(22-18)23(9-19-14)13-7-11(25)12(8-24)29-13/h2-6,9,11-13,24-25H,7-8H2,1H3,(H,20,21,22,26)/t11-,12+,13+/m0/s1. The molecule has 30 heavy (non-hydrogen) atoms.